The molecule has 0 spiro atoms. The minimum atomic E-state index is -1.02. The average Bonchev–Trinajstić information content (AvgIpc) is 3.09. The molecule has 116 valence electrons. The van der Waals surface area contributed by atoms with Crippen molar-refractivity contribution in [1.29, 1.82) is 0 Å². The van der Waals surface area contributed by atoms with Crippen molar-refractivity contribution in [2.45, 2.75) is 18.6 Å². The smallest absolute Gasteiger partial charge is 0.247 e. The fraction of sp³-hybridized carbons (Fsp3) is 0.353. The normalized spacial score (nSPS) is 21.4. The van der Waals surface area contributed by atoms with Gasteiger partial charge in [-0.15, -0.1) is 11.3 Å². The number of hydrogen-bond acceptors (Lipinski definition) is 4. The van der Waals surface area contributed by atoms with E-state index >= 15 is 0 Å². The fourth-order valence-electron chi connectivity index (χ4n) is 2.72. The van der Waals surface area contributed by atoms with Crippen LogP contribution in [0.15, 0.2) is 47.8 Å². The summed E-state index contributed by atoms with van der Waals surface area (Å²) < 4.78 is 5.80. The predicted molar refractivity (Wildman–Crippen MR) is 87.6 cm³/mol. The second-order valence-corrected chi connectivity index (χ2v) is 6.67. The molecule has 2 heterocycles. The molecule has 4 nitrogen and oxygen atoms in total. The Labute approximate surface area is 134 Å². The van der Waals surface area contributed by atoms with Crippen molar-refractivity contribution in [3.05, 3.63) is 58.3 Å². The van der Waals surface area contributed by atoms with Crippen molar-refractivity contribution in [2.24, 2.45) is 5.73 Å². The van der Waals surface area contributed by atoms with Gasteiger partial charge in [0.25, 0.3) is 0 Å². The molecule has 5 heteroatoms. The number of nitrogens with zero attached hydrogens (tertiary/aromatic N) is 1. The highest BCUT2D eigenvalue weighted by Crippen LogP contribution is 2.28. The third-order valence-electron chi connectivity index (χ3n) is 4.03. The van der Waals surface area contributed by atoms with Crippen LogP contribution in [0.25, 0.3) is 0 Å². The first kappa shape index (κ1) is 15.2. The molecule has 22 heavy (non-hydrogen) atoms. The minimum absolute atomic E-state index is 0.0516. The average molecular weight is 316 g/mol. The number of ether oxygens (including phenoxy) is 1. The SMILES string of the molecule is CC(N)(C(=O)N1CCOC(c2cccs2)C1)c1ccccc1. The summed E-state index contributed by atoms with van der Waals surface area (Å²) >= 11 is 1.65. The van der Waals surface area contributed by atoms with E-state index in [4.69, 9.17) is 10.5 Å². The molecule has 0 saturated carbocycles. The lowest BCUT2D eigenvalue weighted by molar-refractivity contribution is -0.144. The van der Waals surface area contributed by atoms with Gasteiger partial charge in [-0.3, -0.25) is 4.79 Å². The maximum absolute atomic E-state index is 12.9. The van der Waals surface area contributed by atoms with Crippen molar-refractivity contribution in [2.75, 3.05) is 19.7 Å². The van der Waals surface area contributed by atoms with Gasteiger partial charge in [-0.05, 0) is 23.9 Å². The molecule has 2 N–H and O–H groups in total. The van der Waals surface area contributed by atoms with Crippen molar-refractivity contribution < 1.29 is 9.53 Å². The molecule has 1 amide bonds. The number of benzene rings is 1. The molecule has 1 fully saturated rings. The van der Waals surface area contributed by atoms with Gasteiger partial charge in [-0.1, -0.05) is 36.4 Å². The number of carbonyl (C=O) groups is 1. The van der Waals surface area contributed by atoms with Gasteiger partial charge in [0, 0.05) is 11.4 Å². The van der Waals surface area contributed by atoms with E-state index < -0.39 is 5.54 Å². The first-order chi connectivity index (χ1) is 10.6. The summed E-state index contributed by atoms with van der Waals surface area (Å²) in [6.45, 7) is 3.46. The molecule has 2 aromatic rings. The number of thiophene rings is 1. The Morgan fingerprint density at radius 1 is 1.32 bits per heavy atom. The number of amides is 1. The van der Waals surface area contributed by atoms with Gasteiger partial charge >= 0.3 is 0 Å². The van der Waals surface area contributed by atoms with Crippen LogP contribution in [0.4, 0.5) is 0 Å². The number of nitrogens with two attached hydrogens (primary N) is 1. The number of carbonyl (C=O) groups excluding carboxylic acids is 1. The second-order valence-electron chi connectivity index (χ2n) is 5.69. The van der Waals surface area contributed by atoms with E-state index in [0.717, 1.165) is 10.4 Å². The van der Waals surface area contributed by atoms with Gasteiger partial charge < -0.3 is 15.4 Å². The van der Waals surface area contributed by atoms with E-state index in [1.165, 1.54) is 0 Å². The van der Waals surface area contributed by atoms with Crippen LogP contribution in [-0.2, 0) is 15.1 Å². The van der Waals surface area contributed by atoms with Gasteiger partial charge in [0.05, 0.1) is 13.2 Å². The summed E-state index contributed by atoms with van der Waals surface area (Å²) in [5.74, 6) is -0.0523. The molecule has 1 aromatic carbocycles. The van der Waals surface area contributed by atoms with Crippen LogP contribution in [0, 0.1) is 0 Å². The third kappa shape index (κ3) is 2.92. The Morgan fingerprint density at radius 2 is 2.09 bits per heavy atom. The zero-order valence-electron chi connectivity index (χ0n) is 12.6. The van der Waals surface area contributed by atoms with Gasteiger partial charge in [0.1, 0.15) is 11.6 Å². The van der Waals surface area contributed by atoms with Crippen LogP contribution in [0.5, 0.6) is 0 Å². The summed E-state index contributed by atoms with van der Waals surface area (Å²) in [6.07, 6.45) is -0.0516. The quantitative estimate of drug-likeness (QED) is 0.946. The summed E-state index contributed by atoms with van der Waals surface area (Å²) in [7, 11) is 0. The van der Waals surface area contributed by atoms with Crippen LogP contribution in [0.1, 0.15) is 23.5 Å². The van der Waals surface area contributed by atoms with E-state index in [0.29, 0.717) is 19.7 Å². The van der Waals surface area contributed by atoms with Crippen LogP contribution in [-0.4, -0.2) is 30.5 Å². The van der Waals surface area contributed by atoms with Gasteiger partial charge in [-0.25, -0.2) is 0 Å². The Bertz CT molecular complexity index is 625. The highest BCUT2D eigenvalue weighted by Gasteiger charge is 2.37. The summed E-state index contributed by atoms with van der Waals surface area (Å²) in [5.41, 5.74) is 6.16. The predicted octanol–water partition coefficient (Wildman–Crippen LogP) is 2.52. The van der Waals surface area contributed by atoms with Gasteiger partial charge in [0.15, 0.2) is 0 Å². The highest BCUT2D eigenvalue weighted by atomic mass is 32.1. The highest BCUT2D eigenvalue weighted by molar-refractivity contribution is 7.10. The van der Waals surface area contributed by atoms with Crippen molar-refractivity contribution in [3.8, 4) is 0 Å². The summed E-state index contributed by atoms with van der Waals surface area (Å²) in [5, 5.41) is 2.02. The van der Waals surface area contributed by atoms with Crippen LogP contribution < -0.4 is 5.73 Å². The van der Waals surface area contributed by atoms with Crippen molar-refractivity contribution >= 4 is 17.2 Å². The van der Waals surface area contributed by atoms with Crippen LogP contribution in [0.3, 0.4) is 0 Å². The molecule has 0 bridgehead atoms. The largest absolute Gasteiger partial charge is 0.369 e. The van der Waals surface area contributed by atoms with Crippen LogP contribution in [0.2, 0.25) is 0 Å². The third-order valence-corrected chi connectivity index (χ3v) is 5.00. The number of morpholine rings is 1. The van der Waals surface area contributed by atoms with E-state index in [2.05, 4.69) is 0 Å². The fourth-order valence-corrected chi connectivity index (χ4v) is 3.48. The molecule has 3 rings (SSSR count). The molecule has 2 unspecified atom stereocenters. The Balaban J connectivity index is 1.77. The standard InChI is InChI=1S/C17H20N2O2S/c1-17(18,13-6-3-2-4-7-13)16(20)19-9-10-21-14(12-19)15-8-5-11-22-15/h2-8,11,14H,9-10,12,18H2,1H3. The zero-order valence-corrected chi connectivity index (χ0v) is 13.4. The van der Waals surface area contributed by atoms with Crippen molar-refractivity contribution in [3.63, 3.8) is 0 Å². The Morgan fingerprint density at radius 3 is 2.77 bits per heavy atom. The maximum atomic E-state index is 12.9. The molecular weight excluding hydrogens is 296 g/mol. The lowest BCUT2D eigenvalue weighted by Crippen LogP contribution is -2.54. The second kappa shape index (κ2) is 6.20. The molecule has 1 aromatic heterocycles. The topological polar surface area (TPSA) is 55.6 Å². The molecule has 1 aliphatic heterocycles. The van der Waals surface area contributed by atoms with Gasteiger partial charge in [0.2, 0.25) is 5.91 Å². The van der Waals surface area contributed by atoms with E-state index in [-0.39, 0.29) is 12.0 Å². The first-order valence-electron chi connectivity index (χ1n) is 7.38. The molecule has 1 saturated heterocycles. The lowest BCUT2D eigenvalue weighted by Gasteiger charge is -2.37. The van der Waals surface area contributed by atoms with Gasteiger partial charge in [-0.2, -0.15) is 0 Å². The molecule has 2 atom stereocenters. The first-order valence-corrected chi connectivity index (χ1v) is 8.26. The lowest BCUT2D eigenvalue weighted by atomic mass is 9.91. The van der Waals surface area contributed by atoms with Crippen molar-refractivity contribution in [1.82, 2.24) is 4.90 Å². The summed E-state index contributed by atoms with van der Waals surface area (Å²) in [6, 6.07) is 13.6. The Hall–Kier alpha value is -1.69. The molecular formula is C17H20N2O2S. The molecule has 0 radical (unpaired) electrons. The Kier molecular flexibility index (Phi) is 4.29. The number of rotatable bonds is 3. The monoisotopic (exact) mass is 316 g/mol. The van der Waals surface area contributed by atoms with Crippen LogP contribution >= 0.6 is 11.3 Å². The summed E-state index contributed by atoms with van der Waals surface area (Å²) in [4.78, 5) is 15.9. The molecule has 0 aliphatic carbocycles. The number of hydrogen-bond donors (Lipinski definition) is 1. The van der Waals surface area contributed by atoms with E-state index in [1.807, 2.05) is 52.7 Å². The van der Waals surface area contributed by atoms with E-state index in [9.17, 15) is 4.79 Å². The van der Waals surface area contributed by atoms with E-state index in [1.54, 1.807) is 18.3 Å². The zero-order chi connectivity index (χ0) is 15.6. The maximum Gasteiger partial charge on any atom is 0.247 e. The molecule has 1 aliphatic rings. The minimum Gasteiger partial charge on any atom is -0.369 e.